The van der Waals surface area contributed by atoms with Crippen LogP contribution in [0.25, 0.3) is 0 Å². The first-order valence-electron chi connectivity index (χ1n) is 45.5. The molecule has 5 aliphatic heterocycles. The number of likely N-dealkylation sites (N-methyl/N-ethyl adjacent to an activating group) is 5. The van der Waals surface area contributed by atoms with Crippen LogP contribution in [-0.4, -0.2) is 158 Å². The number of anilines is 5. The number of carbonyl (C=O) groups is 10. The lowest BCUT2D eigenvalue weighted by atomic mass is 9.86. The molecule has 10 aromatic carbocycles. The number of rotatable bonds is 10. The van der Waals surface area contributed by atoms with Crippen molar-refractivity contribution in [1.82, 2.24) is 21.5 Å². The fraction of sp³-hybridized carbons (Fsp3) is 0.307. The third-order valence-corrected chi connectivity index (χ3v) is 37.7. The molecule has 0 saturated heterocycles. The molecule has 730 valence electrons. The predicted molar refractivity (Wildman–Crippen MR) is 532 cm³/mol. The van der Waals surface area contributed by atoms with Gasteiger partial charge in [-0.2, -0.15) is 0 Å². The van der Waals surface area contributed by atoms with E-state index >= 15 is 0 Å². The number of halogens is 4. The van der Waals surface area contributed by atoms with E-state index in [0.717, 1.165) is 188 Å². The summed E-state index contributed by atoms with van der Waals surface area (Å²) in [6.45, 7) is 1.94. The van der Waals surface area contributed by atoms with Crippen LogP contribution in [0, 0.1) is 6.92 Å². The molecule has 0 aromatic heterocycles. The normalized spacial score (nSPS) is 20.3. The van der Waals surface area contributed by atoms with Crippen molar-refractivity contribution in [3.8, 4) is 0 Å². The minimum atomic E-state index is -3.99. The highest BCUT2D eigenvalue weighted by Crippen LogP contribution is 2.47. The van der Waals surface area contributed by atoms with Gasteiger partial charge in [0.15, 0.2) is 0 Å². The molecule has 0 saturated carbocycles. The molecule has 5 N–H and O–H groups in total. The molecule has 39 heteroatoms. The summed E-state index contributed by atoms with van der Waals surface area (Å²) < 4.78 is 133. The van der Waals surface area contributed by atoms with Crippen LogP contribution in [0.5, 0.6) is 0 Å². The minimum Gasteiger partial charge on any atom is -0.325 e. The van der Waals surface area contributed by atoms with Crippen molar-refractivity contribution in [2.75, 3.05) is 61.8 Å². The van der Waals surface area contributed by atoms with Crippen LogP contribution >= 0.6 is 50.7 Å². The van der Waals surface area contributed by atoms with E-state index < -0.39 is 139 Å². The average molecular weight is 2120 g/mol. The van der Waals surface area contributed by atoms with E-state index in [4.69, 9.17) is 34.8 Å². The number of benzene rings is 10. The number of nitrogens with zero attached hydrogens (tertiary/aromatic N) is 5. The van der Waals surface area contributed by atoms with Crippen LogP contribution in [0.3, 0.4) is 0 Å². The molecule has 10 aliphatic rings. The molecule has 140 heavy (non-hydrogen) atoms. The summed E-state index contributed by atoms with van der Waals surface area (Å²) in [6, 6.07) is 51.1. The quantitative estimate of drug-likeness (QED) is 0.0794. The van der Waals surface area contributed by atoms with Gasteiger partial charge >= 0.3 is 0 Å². The van der Waals surface area contributed by atoms with Crippen LogP contribution in [-0.2, 0) is 162 Å². The maximum atomic E-state index is 13.0. The third-order valence-electron chi connectivity index (χ3n) is 27.0. The van der Waals surface area contributed by atoms with Crippen molar-refractivity contribution in [2.24, 2.45) is 0 Å². The van der Waals surface area contributed by atoms with E-state index in [9.17, 15) is 90.0 Å². The molecule has 5 heterocycles. The summed E-state index contributed by atoms with van der Waals surface area (Å²) in [4.78, 5) is 129. The Balaban J connectivity index is 0.000000126. The van der Waals surface area contributed by atoms with E-state index in [2.05, 4.69) is 42.5 Å². The van der Waals surface area contributed by atoms with E-state index in [1.165, 1.54) is 47.4 Å². The summed E-state index contributed by atoms with van der Waals surface area (Å²) in [5.41, 5.74) is 14.7. The van der Waals surface area contributed by atoms with Crippen LogP contribution in [0.1, 0.15) is 183 Å². The molecule has 10 amide bonds. The Morgan fingerprint density at radius 2 is 0.550 bits per heavy atom. The number of hydrogen-bond donors (Lipinski definition) is 5. The molecule has 0 bridgehead atoms. The number of sulfonamides is 5. The fourth-order valence-corrected chi connectivity index (χ4v) is 27.2. The molecule has 10 aromatic rings. The van der Waals surface area contributed by atoms with Gasteiger partial charge < -0.3 is 26.6 Å². The smallest absolute Gasteiger partial charge is 0.266 e. The summed E-state index contributed by atoms with van der Waals surface area (Å²) >= 11 is 21.1. The van der Waals surface area contributed by atoms with Gasteiger partial charge in [0.1, 0.15) is 29.6 Å². The Morgan fingerprint density at radius 3 is 0.879 bits per heavy atom. The number of nitrogens with one attached hydrogen (secondary N) is 5. The van der Waals surface area contributed by atoms with Crippen molar-refractivity contribution in [2.45, 2.75) is 189 Å². The van der Waals surface area contributed by atoms with Crippen LogP contribution in [0.15, 0.2) is 211 Å². The topological polar surface area (TPSA) is 418 Å². The molecule has 5 aliphatic carbocycles. The van der Waals surface area contributed by atoms with Crippen molar-refractivity contribution >= 4 is 188 Å². The lowest BCUT2D eigenvalue weighted by Gasteiger charge is -2.33. The molecular formula is C101H98BrCl3N10O20S5. The summed E-state index contributed by atoms with van der Waals surface area (Å²) in [7, 11) is -13.8. The second kappa shape index (κ2) is 40.5. The highest BCUT2D eigenvalue weighted by atomic mass is 79.9. The Kier molecular flexibility index (Phi) is 29.2. The molecule has 0 spiro atoms. The maximum absolute atomic E-state index is 13.0. The van der Waals surface area contributed by atoms with Gasteiger partial charge in [0.25, 0.3) is 79.7 Å². The van der Waals surface area contributed by atoms with Gasteiger partial charge in [-0.15, -0.1) is 0 Å². The number of carbonyl (C=O) groups excluding carboxylic acids is 10. The Hall–Kier alpha value is -12.0. The van der Waals surface area contributed by atoms with Crippen LogP contribution < -0.4 is 26.6 Å². The average Bonchev–Trinajstić information content (AvgIpc) is 0.777. The molecule has 5 atom stereocenters. The van der Waals surface area contributed by atoms with E-state index in [1.807, 2.05) is 31.2 Å². The Morgan fingerprint density at radius 1 is 0.286 bits per heavy atom. The first-order chi connectivity index (χ1) is 66.5. The summed E-state index contributed by atoms with van der Waals surface area (Å²) in [5.74, 6) is -12.5. The van der Waals surface area contributed by atoms with E-state index in [1.54, 1.807) is 146 Å². The van der Waals surface area contributed by atoms with Gasteiger partial charge in [-0.1, -0.05) is 123 Å². The largest absolute Gasteiger partial charge is 0.325 e. The zero-order valence-corrected chi connectivity index (χ0v) is 84.7. The number of para-hydroxylation sites is 1. The van der Waals surface area contributed by atoms with E-state index in [-0.39, 0.29) is 57.3 Å². The van der Waals surface area contributed by atoms with Crippen molar-refractivity contribution < 1.29 is 90.0 Å². The lowest BCUT2D eigenvalue weighted by molar-refractivity contribution is -0.134. The highest BCUT2D eigenvalue weighted by molar-refractivity contribution is 9.10. The first-order valence-corrected chi connectivity index (χ1v) is 54.6. The summed E-state index contributed by atoms with van der Waals surface area (Å²) in [5, 5.41) is 14.7. The van der Waals surface area contributed by atoms with Gasteiger partial charge in [0, 0.05) is 73.2 Å². The molecule has 0 radical (unpaired) electrons. The van der Waals surface area contributed by atoms with E-state index in [0.29, 0.717) is 66.4 Å². The van der Waals surface area contributed by atoms with Crippen molar-refractivity contribution in [1.29, 1.82) is 0 Å². The minimum absolute atomic E-state index is 0.0227. The second-order valence-electron chi connectivity index (χ2n) is 35.8. The number of aryl methyl sites for hydroxylation is 10. The van der Waals surface area contributed by atoms with Gasteiger partial charge in [-0.3, -0.25) is 47.9 Å². The highest BCUT2D eigenvalue weighted by Gasteiger charge is 2.52. The van der Waals surface area contributed by atoms with Crippen molar-refractivity contribution in [3.05, 3.63) is 291 Å². The molecule has 20 rings (SSSR count). The standard InChI is InChI=1S/C21H22N2O4S.C20H19BrN2O4S.C20H18Cl2N2O4S.C20H19ClN2O4S.C20H20N2O4S/c1-13-7-9-16(10-8-13)22-20(24)19-17-11-14-5-3-4-6-15(14)12-18(17)28(26,27)23(2)21(19)25;1-23-20(25)18(19(24)22-15-8-6-14(21)7-9-15)16-10-12-4-2-3-5-13(12)11-17(16)28(23,26)27;1-24-20(26)18(19(25)23-13-6-7-15(21)16(22)10-13)14-8-11-4-2-3-5-12(11)9-17(14)29(24,27)28;1-23-20(25)17(19(24)22-14-9-7-13(21)8-10-14)16-11-6-12-4-2-3-5-15(12)18(16)28(23,26)27;1-22-20(24)18(19(23)21-15-9-3-2-4-10-15)16-11-13-7-5-6-8-14(13)12-17(16)27(22,25)26/h7-12,19H,3-6H2,1-2H3,(H,22,24);6-11,18H,2-5H2,1H3,(H,22,24);6-10,18H,2-5H2,1H3,(H,23,25);6-11,17H,2-5H2,1H3,(H,22,24);2-4,9-12,18H,5-8H2,1H3,(H,21,23). The second-order valence-corrected chi connectivity index (χ2v) is 47.7. The molecule has 0 fully saturated rings. The van der Waals surface area contributed by atoms with Gasteiger partial charge in [-0.25, -0.2) is 63.6 Å². The molecule has 5 unspecified atom stereocenters. The zero-order chi connectivity index (χ0) is 100. The first kappa shape index (κ1) is 101. The fourth-order valence-electron chi connectivity index (χ4n) is 19.3. The summed E-state index contributed by atoms with van der Waals surface area (Å²) in [6.07, 6.45) is 17.9. The SMILES string of the molecule is CN1C(=O)C(C(=O)Nc2ccc(Br)cc2)c2cc3c(cc2S1(=O)=O)CCCC3.CN1C(=O)C(C(=O)Nc2ccc(Cl)c(Cl)c2)c2cc3c(cc2S1(=O)=O)CCCC3.CN1C(=O)C(C(=O)Nc2ccc(Cl)cc2)c2ccc3c(c2S1(=O)=O)CCCC3.CN1C(=O)C(C(=O)Nc2ccccc2)c2cc3c(cc2S1(=O)=O)CCCC3.Cc1ccc(NC(=O)C2C(=O)N(C)S(=O)(=O)c3cc4c(cc32)CCCC4)cc1. The van der Waals surface area contributed by atoms with Crippen LogP contribution in [0.4, 0.5) is 28.4 Å². The van der Waals surface area contributed by atoms with Crippen LogP contribution in [0.2, 0.25) is 15.1 Å². The van der Waals surface area contributed by atoms with Crippen molar-refractivity contribution in [3.63, 3.8) is 0 Å². The zero-order valence-electron chi connectivity index (χ0n) is 76.8. The number of amides is 10. The van der Waals surface area contributed by atoms with Gasteiger partial charge in [0.2, 0.25) is 29.5 Å². The number of hydrogen-bond acceptors (Lipinski definition) is 20. The monoisotopic (exact) mass is 2110 g/mol. The Bertz CT molecular complexity index is 7180. The Labute approximate surface area is 835 Å². The molecule has 30 nitrogen and oxygen atoms in total. The van der Waals surface area contributed by atoms with Gasteiger partial charge in [-0.05, 0) is 334 Å². The van der Waals surface area contributed by atoms with Gasteiger partial charge in [0.05, 0.1) is 34.5 Å². The lowest BCUT2D eigenvalue weighted by Crippen LogP contribution is -2.46. The molecular weight excluding hydrogens is 2020 g/mol. The predicted octanol–water partition coefficient (Wildman–Crippen LogP) is 15.3. The number of fused-ring (bicyclic) bond motifs is 11. The third kappa shape index (κ3) is 19.8. The maximum Gasteiger partial charge on any atom is 0.266 e.